The van der Waals surface area contributed by atoms with Gasteiger partial charge < -0.3 is 4.90 Å². The lowest BCUT2D eigenvalue weighted by molar-refractivity contribution is 0.151. The second-order valence-corrected chi connectivity index (χ2v) is 6.81. The zero-order valence-corrected chi connectivity index (χ0v) is 14.9. The third-order valence-corrected chi connectivity index (χ3v) is 5.20. The molecule has 1 saturated heterocycles. The lowest BCUT2D eigenvalue weighted by Crippen LogP contribution is -2.34. The number of fused-ring (bicyclic) bond motifs is 1. The summed E-state index contributed by atoms with van der Waals surface area (Å²) >= 11 is 5.62. The van der Waals surface area contributed by atoms with E-state index in [1.807, 2.05) is 6.07 Å². The molecular formula is C19H18F2N4S. The molecule has 3 aromatic rings. The normalized spacial score (nSPS) is 15.0. The Balaban J connectivity index is 1.64. The molecular weight excluding hydrogens is 354 g/mol. The van der Waals surface area contributed by atoms with Gasteiger partial charge in [-0.3, -0.25) is 4.57 Å². The zero-order chi connectivity index (χ0) is 18.1. The Morgan fingerprint density at radius 3 is 2.46 bits per heavy atom. The molecule has 0 unspecified atom stereocenters. The van der Waals surface area contributed by atoms with Crippen LogP contribution in [0.4, 0.5) is 8.78 Å². The van der Waals surface area contributed by atoms with Crippen LogP contribution in [-0.2, 0) is 0 Å². The van der Waals surface area contributed by atoms with Gasteiger partial charge in [0.1, 0.15) is 16.8 Å². The zero-order valence-electron chi connectivity index (χ0n) is 14.1. The summed E-state index contributed by atoms with van der Waals surface area (Å²) < 4.78 is 27.2. The molecule has 26 heavy (non-hydrogen) atoms. The molecule has 0 atom stereocenters. The Kier molecular flexibility index (Phi) is 4.63. The van der Waals surface area contributed by atoms with Crippen LogP contribution in [0.25, 0.3) is 16.9 Å². The number of halogens is 2. The van der Waals surface area contributed by atoms with E-state index in [1.54, 1.807) is 29.2 Å². The van der Waals surface area contributed by atoms with Crippen molar-refractivity contribution in [3.05, 3.63) is 54.0 Å². The largest absolute Gasteiger partial charge is 0.362 e. The summed E-state index contributed by atoms with van der Waals surface area (Å²) in [6.07, 6.45) is 4.54. The molecule has 0 saturated carbocycles. The second-order valence-electron chi connectivity index (χ2n) is 6.43. The number of piperidine rings is 1. The summed E-state index contributed by atoms with van der Waals surface area (Å²) in [6, 6.07) is 8.09. The molecule has 3 heterocycles. The molecule has 0 bridgehead atoms. The van der Waals surface area contributed by atoms with Gasteiger partial charge in [0.05, 0.1) is 0 Å². The van der Waals surface area contributed by atoms with Gasteiger partial charge in [0.15, 0.2) is 5.65 Å². The summed E-state index contributed by atoms with van der Waals surface area (Å²) in [5, 5.41) is 0. The minimum Gasteiger partial charge on any atom is -0.362 e. The number of alkyl halides is 2. The molecule has 2 aromatic heterocycles. The fourth-order valence-corrected chi connectivity index (χ4v) is 3.56. The molecule has 0 N–H and O–H groups in total. The van der Waals surface area contributed by atoms with Crippen LogP contribution in [0.3, 0.4) is 0 Å². The van der Waals surface area contributed by atoms with E-state index >= 15 is 0 Å². The number of imidazole rings is 1. The Morgan fingerprint density at radius 2 is 1.77 bits per heavy atom. The highest BCUT2D eigenvalue weighted by molar-refractivity contribution is 7.80. The minimum absolute atomic E-state index is 0.000275. The standard InChI is InChI=1S/C19H18F2N4S/c20-17(21)13-4-6-15(7-5-13)25-12-23-16-10-14(11-22-18(16)25)19(26)24-8-2-1-3-9-24/h4-7,10-12,17H,1-3,8-9H2. The van der Waals surface area contributed by atoms with E-state index in [1.165, 1.54) is 31.4 Å². The minimum atomic E-state index is -2.47. The summed E-state index contributed by atoms with van der Waals surface area (Å²) in [5.74, 6) is 0. The molecule has 0 radical (unpaired) electrons. The molecule has 4 nitrogen and oxygen atoms in total. The van der Waals surface area contributed by atoms with Gasteiger partial charge in [0.25, 0.3) is 6.43 Å². The van der Waals surface area contributed by atoms with Crippen molar-refractivity contribution in [2.24, 2.45) is 0 Å². The van der Waals surface area contributed by atoms with Crippen LogP contribution >= 0.6 is 12.2 Å². The number of nitrogens with zero attached hydrogens (tertiary/aromatic N) is 4. The lowest BCUT2D eigenvalue weighted by Gasteiger charge is -2.29. The molecule has 1 aliphatic heterocycles. The first-order valence-corrected chi connectivity index (χ1v) is 9.05. The van der Waals surface area contributed by atoms with Crippen molar-refractivity contribution in [3.8, 4) is 5.69 Å². The molecule has 134 valence electrons. The molecule has 1 fully saturated rings. The number of hydrogen-bond donors (Lipinski definition) is 0. The lowest BCUT2D eigenvalue weighted by atomic mass is 10.1. The fourth-order valence-electron chi connectivity index (χ4n) is 3.27. The van der Waals surface area contributed by atoms with Crippen molar-refractivity contribution in [1.82, 2.24) is 19.4 Å². The number of hydrogen-bond acceptors (Lipinski definition) is 3. The molecule has 1 aromatic carbocycles. The van der Waals surface area contributed by atoms with Crippen molar-refractivity contribution >= 4 is 28.4 Å². The fraction of sp³-hybridized carbons (Fsp3) is 0.316. The Hall–Kier alpha value is -2.41. The topological polar surface area (TPSA) is 34.0 Å². The van der Waals surface area contributed by atoms with Crippen molar-refractivity contribution in [2.75, 3.05) is 13.1 Å². The predicted molar refractivity (Wildman–Crippen MR) is 101 cm³/mol. The van der Waals surface area contributed by atoms with Gasteiger partial charge in [0.2, 0.25) is 0 Å². The highest BCUT2D eigenvalue weighted by Crippen LogP contribution is 2.23. The maximum Gasteiger partial charge on any atom is 0.263 e. The predicted octanol–water partition coefficient (Wildman–Crippen LogP) is 4.52. The van der Waals surface area contributed by atoms with Crippen LogP contribution in [0.1, 0.15) is 36.8 Å². The van der Waals surface area contributed by atoms with E-state index in [0.29, 0.717) is 5.65 Å². The summed E-state index contributed by atoms with van der Waals surface area (Å²) in [6.45, 7) is 1.98. The Labute approximate surface area is 155 Å². The quantitative estimate of drug-likeness (QED) is 0.633. The Bertz CT molecular complexity index is 930. The first kappa shape index (κ1) is 17.0. The smallest absolute Gasteiger partial charge is 0.263 e. The molecule has 0 spiro atoms. The van der Waals surface area contributed by atoms with Gasteiger partial charge in [-0.1, -0.05) is 24.4 Å². The van der Waals surface area contributed by atoms with Gasteiger partial charge >= 0.3 is 0 Å². The molecule has 0 aliphatic carbocycles. The van der Waals surface area contributed by atoms with E-state index in [0.717, 1.165) is 34.8 Å². The number of benzene rings is 1. The van der Waals surface area contributed by atoms with Crippen molar-refractivity contribution in [3.63, 3.8) is 0 Å². The van der Waals surface area contributed by atoms with Gasteiger partial charge in [-0.25, -0.2) is 18.7 Å². The van der Waals surface area contributed by atoms with Gasteiger partial charge in [-0.2, -0.15) is 0 Å². The van der Waals surface area contributed by atoms with E-state index in [2.05, 4.69) is 14.9 Å². The SMILES string of the molecule is FC(F)c1ccc(-n2cnc3cc(C(=S)N4CCCCC4)cnc32)cc1. The van der Waals surface area contributed by atoms with Crippen LogP contribution in [0.5, 0.6) is 0 Å². The monoisotopic (exact) mass is 372 g/mol. The maximum atomic E-state index is 12.7. The number of thiocarbonyl (C=S) groups is 1. The van der Waals surface area contributed by atoms with Crippen LogP contribution in [0.15, 0.2) is 42.9 Å². The molecule has 0 amide bonds. The average Bonchev–Trinajstić information content (AvgIpc) is 3.11. The number of pyridine rings is 1. The van der Waals surface area contributed by atoms with Gasteiger partial charge in [-0.05, 0) is 37.5 Å². The second kappa shape index (κ2) is 7.07. The molecule has 7 heteroatoms. The van der Waals surface area contributed by atoms with E-state index in [9.17, 15) is 8.78 Å². The third kappa shape index (κ3) is 3.19. The molecule has 4 rings (SSSR count). The van der Waals surface area contributed by atoms with Crippen molar-refractivity contribution in [2.45, 2.75) is 25.7 Å². The first-order chi connectivity index (χ1) is 12.6. The van der Waals surface area contributed by atoms with E-state index < -0.39 is 6.43 Å². The van der Waals surface area contributed by atoms with Crippen LogP contribution < -0.4 is 0 Å². The highest BCUT2D eigenvalue weighted by atomic mass is 32.1. The first-order valence-electron chi connectivity index (χ1n) is 8.64. The van der Waals surface area contributed by atoms with Crippen LogP contribution in [0.2, 0.25) is 0 Å². The third-order valence-electron chi connectivity index (χ3n) is 4.70. The number of likely N-dealkylation sites (tertiary alicyclic amines) is 1. The highest BCUT2D eigenvalue weighted by Gasteiger charge is 2.17. The Morgan fingerprint density at radius 1 is 1.04 bits per heavy atom. The molecule has 1 aliphatic rings. The van der Waals surface area contributed by atoms with Gasteiger partial charge in [0, 0.05) is 36.1 Å². The summed E-state index contributed by atoms with van der Waals surface area (Å²) in [4.78, 5) is 12.0. The number of rotatable bonds is 3. The summed E-state index contributed by atoms with van der Waals surface area (Å²) in [7, 11) is 0. The van der Waals surface area contributed by atoms with Crippen LogP contribution in [-0.4, -0.2) is 37.5 Å². The van der Waals surface area contributed by atoms with Crippen molar-refractivity contribution in [1.29, 1.82) is 0 Å². The van der Waals surface area contributed by atoms with E-state index in [-0.39, 0.29) is 5.56 Å². The van der Waals surface area contributed by atoms with Crippen LogP contribution in [0, 0.1) is 0 Å². The van der Waals surface area contributed by atoms with Crippen molar-refractivity contribution < 1.29 is 8.78 Å². The van der Waals surface area contributed by atoms with Gasteiger partial charge in [-0.15, -0.1) is 0 Å². The number of aromatic nitrogens is 3. The average molecular weight is 372 g/mol. The van der Waals surface area contributed by atoms with E-state index in [4.69, 9.17) is 12.2 Å². The maximum absolute atomic E-state index is 12.7. The summed E-state index contributed by atoms with van der Waals surface area (Å²) in [5.41, 5.74) is 3.06.